The Bertz CT molecular complexity index is 632. The van der Waals surface area contributed by atoms with Crippen molar-refractivity contribution < 1.29 is 4.74 Å². The summed E-state index contributed by atoms with van der Waals surface area (Å²) in [6, 6.07) is 0. The van der Waals surface area contributed by atoms with Crippen molar-refractivity contribution in [3.05, 3.63) is 20.9 Å². The van der Waals surface area contributed by atoms with Gasteiger partial charge in [0.1, 0.15) is 10.0 Å². The Hall–Kier alpha value is -0.520. The Balaban J connectivity index is 2.20. The maximum absolute atomic E-state index is 12.7. The van der Waals surface area contributed by atoms with E-state index in [1.807, 2.05) is 27.0 Å². The first kappa shape index (κ1) is 20.8. The van der Waals surface area contributed by atoms with E-state index >= 15 is 0 Å². The van der Waals surface area contributed by atoms with Crippen molar-refractivity contribution in [2.24, 2.45) is 5.92 Å². The van der Waals surface area contributed by atoms with Crippen LogP contribution in [-0.2, 0) is 10.3 Å². The second-order valence-electron chi connectivity index (χ2n) is 7.92. The van der Waals surface area contributed by atoms with Crippen molar-refractivity contribution in [2.45, 2.75) is 76.3 Å². The van der Waals surface area contributed by atoms with Gasteiger partial charge in [-0.2, -0.15) is 5.10 Å². The summed E-state index contributed by atoms with van der Waals surface area (Å²) >= 11 is 8.13. The van der Waals surface area contributed by atoms with Gasteiger partial charge >= 0.3 is 0 Å². The number of aromatic nitrogens is 2. The van der Waals surface area contributed by atoms with E-state index in [1.54, 1.807) is 11.8 Å². The summed E-state index contributed by atoms with van der Waals surface area (Å²) in [6.07, 6.45) is 7.42. The molecule has 1 aromatic rings. The molecule has 1 aliphatic rings. The van der Waals surface area contributed by atoms with E-state index in [-0.39, 0.29) is 11.1 Å². The van der Waals surface area contributed by atoms with Gasteiger partial charge in [-0.15, -0.1) is 11.8 Å². The largest absolute Gasteiger partial charge is 0.381 e. The van der Waals surface area contributed by atoms with Crippen molar-refractivity contribution in [1.82, 2.24) is 9.78 Å². The van der Waals surface area contributed by atoms with E-state index in [9.17, 15) is 4.79 Å². The van der Waals surface area contributed by atoms with Gasteiger partial charge in [0.2, 0.25) is 0 Å². The zero-order valence-electron chi connectivity index (χ0n) is 16.1. The van der Waals surface area contributed by atoms with Crippen LogP contribution in [0.15, 0.2) is 9.82 Å². The fourth-order valence-corrected chi connectivity index (χ4v) is 4.50. The first-order valence-corrected chi connectivity index (χ1v) is 10.8. The van der Waals surface area contributed by atoms with Crippen molar-refractivity contribution >= 4 is 23.4 Å². The Morgan fingerprint density at radius 1 is 1.28 bits per heavy atom. The van der Waals surface area contributed by atoms with Gasteiger partial charge in [0, 0.05) is 18.8 Å². The predicted octanol–water partition coefficient (Wildman–Crippen LogP) is 5.07. The van der Waals surface area contributed by atoms with Gasteiger partial charge in [-0.3, -0.25) is 4.79 Å². The van der Waals surface area contributed by atoms with Crippen LogP contribution < -0.4 is 5.56 Å². The molecule has 0 radical (unpaired) electrons. The molecule has 0 saturated heterocycles. The van der Waals surface area contributed by atoms with Crippen molar-refractivity contribution in [2.75, 3.05) is 19.5 Å². The highest BCUT2D eigenvalue weighted by molar-refractivity contribution is 7.98. The lowest BCUT2D eigenvalue weighted by molar-refractivity contribution is 0.0830. The van der Waals surface area contributed by atoms with Crippen LogP contribution in [0.25, 0.3) is 0 Å². The molecule has 6 heteroatoms. The highest BCUT2D eigenvalue weighted by atomic mass is 35.5. The zero-order chi connectivity index (χ0) is 18.6. The minimum absolute atomic E-state index is 0.171. The lowest BCUT2D eigenvalue weighted by Gasteiger charge is -2.31. The van der Waals surface area contributed by atoms with Gasteiger partial charge < -0.3 is 4.74 Å². The second kappa shape index (κ2) is 8.92. The van der Waals surface area contributed by atoms with E-state index < -0.39 is 0 Å². The molecule has 4 nitrogen and oxygen atoms in total. The minimum atomic E-state index is -0.377. The van der Waals surface area contributed by atoms with Gasteiger partial charge in [-0.1, -0.05) is 18.5 Å². The fraction of sp³-hybridized carbons (Fsp3) is 0.789. The molecule has 0 spiro atoms. The third-order valence-electron chi connectivity index (χ3n) is 4.82. The number of halogens is 1. The van der Waals surface area contributed by atoms with Crippen molar-refractivity contribution in [3.8, 4) is 0 Å². The molecule has 0 bridgehead atoms. The Labute approximate surface area is 160 Å². The van der Waals surface area contributed by atoms with Gasteiger partial charge in [0.15, 0.2) is 0 Å². The monoisotopic (exact) mass is 386 g/mol. The number of rotatable bonds is 6. The minimum Gasteiger partial charge on any atom is -0.381 e. The molecule has 1 heterocycles. The standard InChI is InChI=1S/C19H31ClN2O2S/c1-6-11-24-12-13-7-9-14(10-8-13)15-16(20)18(23)22(19(2,3)4)21-17(15)25-5/h13-14H,6-12H2,1-5H3. The predicted molar refractivity (Wildman–Crippen MR) is 106 cm³/mol. The van der Waals surface area contributed by atoms with E-state index in [2.05, 4.69) is 12.0 Å². The molecule has 0 atom stereocenters. The summed E-state index contributed by atoms with van der Waals surface area (Å²) in [5.74, 6) is 0.953. The molecule has 0 N–H and O–H groups in total. The average Bonchev–Trinajstić information content (AvgIpc) is 2.57. The normalized spacial score (nSPS) is 21.5. The highest BCUT2D eigenvalue weighted by Gasteiger charge is 2.30. The molecule has 142 valence electrons. The molecule has 0 unspecified atom stereocenters. The van der Waals surface area contributed by atoms with Gasteiger partial charge in [0.25, 0.3) is 5.56 Å². The molecular formula is C19H31ClN2O2S. The summed E-state index contributed by atoms with van der Waals surface area (Å²) in [6.45, 7) is 9.76. The number of ether oxygens (including phenoxy) is 1. The first-order chi connectivity index (χ1) is 11.8. The lowest BCUT2D eigenvalue weighted by atomic mass is 9.79. The summed E-state index contributed by atoms with van der Waals surface area (Å²) in [5.41, 5.74) is 0.417. The number of hydrogen-bond donors (Lipinski definition) is 0. The SMILES string of the molecule is CCCOCC1CCC(c2c(SC)nn(C(C)(C)C)c(=O)c2Cl)CC1. The van der Waals surface area contributed by atoms with Crippen LogP contribution in [0.4, 0.5) is 0 Å². The van der Waals surface area contributed by atoms with E-state index in [0.29, 0.717) is 16.9 Å². The Morgan fingerprint density at radius 2 is 1.92 bits per heavy atom. The molecule has 0 aliphatic heterocycles. The molecule has 2 rings (SSSR count). The first-order valence-electron chi connectivity index (χ1n) is 9.24. The molecule has 1 saturated carbocycles. The second-order valence-corrected chi connectivity index (χ2v) is 9.09. The third kappa shape index (κ3) is 5.01. The molecule has 0 amide bonds. The van der Waals surface area contributed by atoms with Crippen LogP contribution in [-0.4, -0.2) is 29.3 Å². The Morgan fingerprint density at radius 3 is 2.44 bits per heavy atom. The molecule has 1 aliphatic carbocycles. The summed E-state index contributed by atoms with van der Waals surface area (Å²) in [5, 5.41) is 5.89. The molecule has 25 heavy (non-hydrogen) atoms. The zero-order valence-corrected chi connectivity index (χ0v) is 17.7. The average molecular weight is 387 g/mol. The van der Waals surface area contributed by atoms with E-state index in [1.165, 1.54) is 4.68 Å². The van der Waals surface area contributed by atoms with E-state index in [4.69, 9.17) is 16.3 Å². The maximum atomic E-state index is 12.7. The smallest absolute Gasteiger partial charge is 0.286 e. The van der Waals surface area contributed by atoms with Crippen LogP contribution in [0.5, 0.6) is 0 Å². The molecule has 1 fully saturated rings. The number of hydrogen-bond acceptors (Lipinski definition) is 4. The highest BCUT2D eigenvalue weighted by Crippen LogP contribution is 2.41. The molecule has 1 aromatic heterocycles. The lowest BCUT2D eigenvalue weighted by Crippen LogP contribution is -2.37. The van der Waals surface area contributed by atoms with Crippen LogP contribution in [0.1, 0.15) is 71.3 Å². The van der Waals surface area contributed by atoms with Gasteiger partial charge in [-0.05, 0) is 71.0 Å². The van der Waals surface area contributed by atoms with Crippen LogP contribution in [0, 0.1) is 5.92 Å². The van der Waals surface area contributed by atoms with Crippen LogP contribution in [0.2, 0.25) is 5.02 Å². The van der Waals surface area contributed by atoms with Crippen molar-refractivity contribution in [3.63, 3.8) is 0 Å². The van der Waals surface area contributed by atoms with Crippen LogP contribution >= 0.6 is 23.4 Å². The quantitative estimate of drug-likeness (QED) is 0.505. The number of thioether (sulfide) groups is 1. The molecule has 0 aromatic carbocycles. The van der Waals surface area contributed by atoms with Gasteiger partial charge in [0.05, 0.1) is 5.54 Å². The van der Waals surface area contributed by atoms with Gasteiger partial charge in [-0.25, -0.2) is 4.68 Å². The van der Waals surface area contributed by atoms with Crippen LogP contribution in [0.3, 0.4) is 0 Å². The number of nitrogens with zero attached hydrogens (tertiary/aromatic N) is 2. The fourth-order valence-electron chi connectivity index (χ4n) is 3.46. The topological polar surface area (TPSA) is 44.1 Å². The summed E-state index contributed by atoms with van der Waals surface area (Å²) in [7, 11) is 0. The Kier molecular flexibility index (Phi) is 7.41. The third-order valence-corrected chi connectivity index (χ3v) is 5.88. The summed E-state index contributed by atoms with van der Waals surface area (Å²) < 4.78 is 7.23. The van der Waals surface area contributed by atoms with E-state index in [0.717, 1.165) is 55.9 Å². The molecular weight excluding hydrogens is 356 g/mol. The van der Waals surface area contributed by atoms with Crippen molar-refractivity contribution in [1.29, 1.82) is 0 Å². The maximum Gasteiger partial charge on any atom is 0.286 e. The summed E-state index contributed by atoms with van der Waals surface area (Å²) in [4.78, 5) is 12.7.